The first-order valence-electron chi connectivity index (χ1n) is 12.3. The van der Waals surface area contributed by atoms with Crippen molar-refractivity contribution in [2.45, 2.75) is 80.1 Å². The van der Waals surface area contributed by atoms with E-state index in [1.165, 1.54) is 44.1 Å². The van der Waals surface area contributed by atoms with E-state index in [0.29, 0.717) is 11.3 Å². The van der Waals surface area contributed by atoms with Crippen molar-refractivity contribution < 1.29 is 0 Å². The summed E-state index contributed by atoms with van der Waals surface area (Å²) < 4.78 is 0. The highest BCUT2D eigenvalue weighted by Gasteiger charge is 2.53. The maximum atomic E-state index is 2.63. The highest BCUT2D eigenvalue weighted by atomic mass is 14.6. The Morgan fingerprint density at radius 2 is 1.90 bits per heavy atom. The van der Waals surface area contributed by atoms with Gasteiger partial charge in [-0.3, -0.25) is 0 Å². The van der Waals surface area contributed by atoms with Crippen LogP contribution in [0.25, 0.3) is 0 Å². The number of fused-ring (bicyclic) bond motifs is 4. The van der Waals surface area contributed by atoms with Crippen molar-refractivity contribution in [3.63, 3.8) is 0 Å². The summed E-state index contributed by atoms with van der Waals surface area (Å²) in [7, 11) is 0. The molecule has 0 saturated heterocycles. The second kappa shape index (κ2) is 7.75. The van der Waals surface area contributed by atoms with Crippen LogP contribution in [0.3, 0.4) is 0 Å². The topological polar surface area (TPSA) is 0 Å². The molecule has 0 aromatic carbocycles. The largest absolute Gasteiger partial charge is 0.0851 e. The molecule has 158 valence electrons. The summed E-state index contributed by atoms with van der Waals surface area (Å²) in [6.45, 7) is 14.7. The molecule has 1 fully saturated rings. The fourth-order valence-electron chi connectivity index (χ4n) is 7.33. The van der Waals surface area contributed by atoms with Crippen LogP contribution in [-0.4, -0.2) is 0 Å². The third-order valence-corrected chi connectivity index (χ3v) is 9.35. The van der Waals surface area contributed by atoms with Gasteiger partial charge in [-0.1, -0.05) is 89.6 Å². The Hall–Kier alpha value is -1.30. The lowest BCUT2D eigenvalue weighted by molar-refractivity contribution is 0.120. The van der Waals surface area contributed by atoms with Crippen LogP contribution < -0.4 is 0 Å². The summed E-state index contributed by atoms with van der Waals surface area (Å²) in [4.78, 5) is 0. The molecule has 1 saturated carbocycles. The van der Waals surface area contributed by atoms with Gasteiger partial charge in [-0.25, -0.2) is 0 Å². The zero-order chi connectivity index (χ0) is 20.8. The number of hydrogen-bond acceptors (Lipinski definition) is 0. The Balaban J connectivity index is 1.59. The lowest BCUT2D eigenvalue weighted by atomic mass is 9.55. The van der Waals surface area contributed by atoms with Crippen molar-refractivity contribution in [3.05, 3.63) is 59.3 Å². The van der Waals surface area contributed by atoms with Crippen LogP contribution in [0.2, 0.25) is 0 Å². The zero-order valence-electron chi connectivity index (χ0n) is 19.7. The van der Waals surface area contributed by atoms with Crippen molar-refractivity contribution in [1.29, 1.82) is 0 Å². The SMILES string of the molecule is CC[C@H](C=C[C@@H](C)[C@H]1CC[C@H]2C3=C(CC[C@]12C)[C@@]1(C)CC=CC=C1C=C3)C(C)C. The van der Waals surface area contributed by atoms with Crippen molar-refractivity contribution >= 4 is 0 Å². The van der Waals surface area contributed by atoms with E-state index in [1.807, 2.05) is 0 Å². The van der Waals surface area contributed by atoms with Gasteiger partial charge >= 0.3 is 0 Å². The molecule has 4 rings (SSSR count). The van der Waals surface area contributed by atoms with Gasteiger partial charge in [0.25, 0.3) is 0 Å². The molecule has 0 spiro atoms. The van der Waals surface area contributed by atoms with Crippen molar-refractivity contribution in [2.75, 3.05) is 0 Å². The predicted molar refractivity (Wildman–Crippen MR) is 127 cm³/mol. The van der Waals surface area contributed by atoms with Crippen molar-refractivity contribution in [2.24, 2.45) is 40.4 Å². The Kier molecular flexibility index (Phi) is 5.60. The summed E-state index contributed by atoms with van der Waals surface area (Å²) in [6, 6.07) is 0. The summed E-state index contributed by atoms with van der Waals surface area (Å²) in [5, 5.41) is 0. The summed E-state index contributed by atoms with van der Waals surface area (Å²) in [5.41, 5.74) is 5.76. The van der Waals surface area contributed by atoms with Crippen LogP contribution in [0.4, 0.5) is 0 Å². The lowest BCUT2D eigenvalue weighted by Crippen LogP contribution is -2.39. The van der Waals surface area contributed by atoms with E-state index in [-0.39, 0.29) is 5.41 Å². The molecule has 0 bridgehead atoms. The van der Waals surface area contributed by atoms with Gasteiger partial charge in [0.05, 0.1) is 0 Å². The van der Waals surface area contributed by atoms with Gasteiger partial charge < -0.3 is 0 Å². The molecule has 6 atom stereocenters. The highest BCUT2D eigenvalue weighted by molar-refractivity contribution is 5.53. The molecule has 0 aliphatic heterocycles. The van der Waals surface area contributed by atoms with E-state index in [0.717, 1.165) is 23.7 Å². The third kappa shape index (κ3) is 3.35. The van der Waals surface area contributed by atoms with E-state index >= 15 is 0 Å². The Labute approximate surface area is 179 Å². The van der Waals surface area contributed by atoms with E-state index in [4.69, 9.17) is 0 Å². The van der Waals surface area contributed by atoms with Gasteiger partial charge in [-0.05, 0) is 84.7 Å². The molecular weight excluding hydrogens is 348 g/mol. The number of rotatable bonds is 5. The molecule has 0 heterocycles. The second-order valence-electron chi connectivity index (χ2n) is 11.2. The molecule has 0 nitrogen and oxygen atoms in total. The van der Waals surface area contributed by atoms with Crippen LogP contribution >= 0.6 is 0 Å². The molecule has 0 radical (unpaired) electrons. The van der Waals surface area contributed by atoms with E-state index < -0.39 is 0 Å². The second-order valence-corrected chi connectivity index (χ2v) is 11.2. The monoisotopic (exact) mass is 390 g/mol. The number of allylic oxidation sites excluding steroid dienone is 10. The maximum Gasteiger partial charge on any atom is 0.0174 e. The van der Waals surface area contributed by atoms with Crippen LogP contribution in [0.1, 0.15) is 80.1 Å². The van der Waals surface area contributed by atoms with E-state index in [9.17, 15) is 0 Å². The highest BCUT2D eigenvalue weighted by Crippen LogP contribution is 2.63. The van der Waals surface area contributed by atoms with Gasteiger partial charge in [-0.2, -0.15) is 0 Å². The fraction of sp³-hybridized carbons (Fsp3) is 0.655. The fourth-order valence-corrected chi connectivity index (χ4v) is 7.33. The van der Waals surface area contributed by atoms with Gasteiger partial charge in [-0.15, -0.1) is 0 Å². The molecule has 0 N–H and O–H groups in total. The Morgan fingerprint density at radius 1 is 1.10 bits per heavy atom. The average molecular weight is 391 g/mol. The predicted octanol–water partition coefficient (Wildman–Crippen LogP) is 8.45. The average Bonchev–Trinajstić information content (AvgIpc) is 3.05. The first kappa shape index (κ1) is 21.0. The summed E-state index contributed by atoms with van der Waals surface area (Å²) in [6.07, 6.45) is 25.0. The molecule has 0 amide bonds. The van der Waals surface area contributed by atoms with E-state index in [2.05, 4.69) is 84.1 Å². The molecule has 0 aromatic rings. The van der Waals surface area contributed by atoms with E-state index in [1.54, 1.807) is 11.1 Å². The molecule has 29 heavy (non-hydrogen) atoms. The van der Waals surface area contributed by atoms with Crippen LogP contribution in [-0.2, 0) is 0 Å². The smallest absolute Gasteiger partial charge is 0.0174 e. The minimum absolute atomic E-state index is 0.259. The maximum absolute atomic E-state index is 2.63. The van der Waals surface area contributed by atoms with Gasteiger partial charge in [0.2, 0.25) is 0 Å². The summed E-state index contributed by atoms with van der Waals surface area (Å²) >= 11 is 0. The molecule has 0 aromatic heterocycles. The van der Waals surface area contributed by atoms with Crippen LogP contribution in [0.5, 0.6) is 0 Å². The zero-order valence-corrected chi connectivity index (χ0v) is 19.7. The molecular formula is C29H42. The van der Waals surface area contributed by atoms with Crippen LogP contribution in [0.15, 0.2) is 59.3 Å². The molecule has 4 aliphatic carbocycles. The van der Waals surface area contributed by atoms with Gasteiger partial charge in [0.15, 0.2) is 0 Å². The quantitative estimate of drug-likeness (QED) is 0.413. The minimum Gasteiger partial charge on any atom is -0.0851 e. The van der Waals surface area contributed by atoms with Gasteiger partial charge in [0.1, 0.15) is 0 Å². The molecule has 0 unspecified atom stereocenters. The first-order valence-corrected chi connectivity index (χ1v) is 12.3. The van der Waals surface area contributed by atoms with Crippen molar-refractivity contribution in [1.82, 2.24) is 0 Å². The first-order chi connectivity index (χ1) is 13.8. The minimum atomic E-state index is 0.259. The van der Waals surface area contributed by atoms with Gasteiger partial charge in [0, 0.05) is 5.41 Å². The lowest BCUT2D eigenvalue weighted by Gasteiger charge is -2.49. The number of hydrogen-bond donors (Lipinski definition) is 0. The molecule has 0 heteroatoms. The third-order valence-electron chi connectivity index (χ3n) is 9.35. The Bertz CT molecular complexity index is 785. The summed E-state index contributed by atoms with van der Waals surface area (Å²) in [5.74, 6) is 3.76. The molecule has 4 aliphatic rings. The van der Waals surface area contributed by atoms with Crippen molar-refractivity contribution in [3.8, 4) is 0 Å². The standard InChI is InChI=1S/C29H42/c1-7-22(20(2)3)12-11-21(4)25-15-16-26-24-14-13-23-10-8-9-18-28(23,5)27(24)17-19-29(25,26)6/h8-14,20-22,25-26H,7,15-19H2,1-6H3/t21-,22-,25-,26+,28+,29-/m1/s1. The normalized spacial score (nSPS) is 38.1. The van der Waals surface area contributed by atoms with Crippen LogP contribution in [0, 0.1) is 40.4 Å². The Morgan fingerprint density at radius 3 is 2.62 bits per heavy atom.